The smallest absolute Gasteiger partial charge is 0.339 e. The molecule has 2 aliphatic heterocycles. The molecule has 110 valence electrons. The molecule has 2 aliphatic rings. The number of rotatable bonds is 3. The lowest BCUT2D eigenvalue weighted by Crippen LogP contribution is -2.45. The maximum Gasteiger partial charge on any atom is 0.389 e. The van der Waals surface area contributed by atoms with Gasteiger partial charge in [0.2, 0.25) is 5.91 Å². The summed E-state index contributed by atoms with van der Waals surface area (Å²) in [5.41, 5.74) is 0. The van der Waals surface area contributed by atoms with Crippen LogP contribution in [-0.2, 0) is 4.79 Å². The van der Waals surface area contributed by atoms with E-state index >= 15 is 0 Å². The van der Waals surface area contributed by atoms with E-state index < -0.39 is 19.0 Å². The van der Waals surface area contributed by atoms with Gasteiger partial charge in [0, 0.05) is 19.0 Å². The topological polar surface area (TPSA) is 32.3 Å². The molecule has 0 aromatic rings. The molecule has 3 nitrogen and oxygen atoms in total. The van der Waals surface area contributed by atoms with E-state index in [2.05, 4.69) is 5.32 Å². The van der Waals surface area contributed by atoms with Crippen LogP contribution in [-0.4, -0.2) is 42.7 Å². The van der Waals surface area contributed by atoms with E-state index in [4.69, 9.17) is 0 Å². The van der Waals surface area contributed by atoms with E-state index in [9.17, 15) is 18.0 Å². The lowest BCUT2D eigenvalue weighted by Gasteiger charge is -2.34. The van der Waals surface area contributed by atoms with E-state index in [1.807, 2.05) is 0 Å². The van der Waals surface area contributed by atoms with Gasteiger partial charge in [-0.1, -0.05) is 0 Å². The first kappa shape index (κ1) is 14.6. The number of hydrogen-bond donors (Lipinski definition) is 1. The molecule has 6 heteroatoms. The summed E-state index contributed by atoms with van der Waals surface area (Å²) in [5.74, 6) is 0.0801. The molecule has 2 heterocycles. The highest BCUT2D eigenvalue weighted by molar-refractivity contribution is 5.76. The number of likely N-dealkylation sites (tertiary alicyclic amines) is 1. The molecule has 1 amide bonds. The molecule has 0 aromatic carbocycles. The van der Waals surface area contributed by atoms with Gasteiger partial charge in [-0.3, -0.25) is 4.79 Å². The Morgan fingerprint density at radius 2 is 2.05 bits per heavy atom. The Morgan fingerprint density at radius 1 is 1.26 bits per heavy atom. The number of carbonyl (C=O) groups is 1. The predicted molar refractivity (Wildman–Crippen MR) is 65.6 cm³/mol. The van der Waals surface area contributed by atoms with Crippen LogP contribution in [0.15, 0.2) is 0 Å². The fourth-order valence-corrected chi connectivity index (χ4v) is 3.19. The Balaban J connectivity index is 1.88. The summed E-state index contributed by atoms with van der Waals surface area (Å²) < 4.78 is 36.5. The second-order valence-corrected chi connectivity index (χ2v) is 5.52. The highest BCUT2D eigenvalue weighted by atomic mass is 19.4. The number of halogens is 3. The summed E-state index contributed by atoms with van der Waals surface area (Å²) in [7, 11) is 0. The number of nitrogens with zero attached hydrogens (tertiary/aromatic N) is 1. The summed E-state index contributed by atoms with van der Waals surface area (Å²) in [4.78, 5) is 13.6. The van der Waals surface area contributed by atoms with E-state index in [1.54, 1.807) is 4.90 Å². The Labute approximate surface area is 111 Å². The van der Waals surface area contributed by atoms with Crippen molar-refractivity contribution in [3.8, 4) is 0 Å². The predicted octanol–water partition coefficient (Wildman–Crippen LogP) is 2.32. The number of alkyl halides is 3. The van der Waals surface area contributed by atoms with E-state index in [1.165, 1.54) is 0 Å². The normalized spacial score (nSPS) is 28.7. The molecule has 2 rings (SSSR count). The van der Waals surface area contributed by atoms with Crippen molar-refractivity contribution >= 4 is 5.91 Å². The van der Waals surface area contributed by atoms with Gasteiger partial charge in [-0.2, -0.15) is 13.2 Å². The number of nitrogens with one attached hydrogen (secondary N) is 1. The second-order valence-electron chi connectivity index (χ2n) is 5.52. The molecular formula is C13H21F3N2O. The third-order valence-electron chi connectivity index (χ3n) is 4.12. The molecule has 0 aromatic heterocycles. The van der Waals surface area contributed by atoms with Crippen molar-refractivity contribution in [3.63, 3.8) is 0 Å². The Kier molecular flexibility index (Phi) is 4.71. The molecule has 0 spiro atoms. The third kappa shape index (κ3) is 4.09. The minimum atomic E-state index is -4.24. The SMILES string of the molecule is O=C(CCC(F)(F)F)N1CCCC1C1CCCNC1. The Bertz CT molecular complexity index is 314. The van der Waals surface area contributed by atoms with Gasteiger partial charge in [0.05, 0.1) is 6.42 Å². The first-order valence-electron chi connectivity index (χ1n) is 7.04. The minimum absolute atomic E-state index is 0.147. The molecule has 2 fully saturated rings. The van der Waals surface area contributed by atoms with E-state index in [0.717, 1.165) is 38.8 Å². The van der Waals surface area contributed by atoms with Crippen molar-refractivity contribution in [2.24, 2.45) is 5.92 Å². The molecule has 0 bridgehead atoms. The molecule has 1 N–H and O–H groups in total. The molecule has 0 radical (unpaired) electrons. The van der Waals surface area contributed by atoms with Crippen molar-refractivity contribution in [1.29, 1.82) is 0 Å². The fourth-order valence-electron chi connectivity index (χ4n) is 3.19. The summed E-state index contributed by atoms with van der Waals surface area (Å²) in [6.45, 7) is 2.51. The largest absolute Gasteiger partial charge is 0.389 e. The maximum absolute atomic E-state index is 12.2. The van der Waals surface area contributed by atoms with Crippen LogP contribution in [0.2, 0.25) is 0 Å². The van der Waals surface area contributed by atoms with E-state index in [0.29, 0.717) is 12.5 Å². The van der Waals surface area contributed by atoms with Crippen LogP contribution in [0, 0.1) is 5.92 Å². The standard InChI is InChI=1S/C13H21F3N2O/c14-13(15,16)6-5-12(19)18-8-2-4-11(18)10-3-1-7-17-9-10/h10-11,17H,1-9H2. The average molecular weight is 278 g/mol. The van der Waals surface area contributed by atoms with Gasteiger partial charge >= 0.3 is 6.18 Å². The van der Waals surface area contributed by atoms with E-state index in [-0.39, 0.29) is 11.9 Å². The van der Waals surface area contributed by atoms with Crippen molar-refractivity contribution in [2.75, 3.05) is 19.6 Å². The van der Waals surface area contributed by atoms with Crippen molar-refractivity contribution in [1.82, 2.24) is 10.2 Å². The molecular weight excluding hydrogens is 257 g/mol. The van der Waals surface area contributed by atoms with Crippen LogP contribution < -0.4 is 5.32 Å². The molecule has 19 heavy (non-hydrogen) atoms. The van der Waals surface area contributed by atoms with Crippen LogP contribution in [0.5, 0.6) is 0 Å². The zero-order chi connectivity index (χ0) is 13.9. The van der Waals surface area contributed by atoms with Gasteiger partial charge in [0.15, 0.2) is 0 Å². The van der Waals surface area contributed by atoms with Gasteiger partial charge in [-0.05, 0) is 44.7 Å². The quantitative estimate of drug-likeness (QED) is 0.859. The molecule has 0 aliphatic carbocycles. The highest BCUT2D eigenvalue weighted by Gasteiger charge is 2.36. The Morgan fingerprint density at radius 3 is 2.68 bits per heavy atom. The zero-order valence-electron chi connectivity index (χ0n) is 11.0. The summed E-state index contributed by atoms with van der Waals surface area (Å²) in [5, 5.41) is 3.31. The summed E-state index contributed by atoms with van der Waals surface area (Å²) >= 11 is 0. The lowest BCUT2D eigenvalue weighted by molar-refractivity contribution is -0.150. The van der Waals surface area contributed by atoms with Crippen molar-refractivity contribution < 1.29 is 18.0 Å². The third-order valence-corrected chi connectivity index (χ3v) is 4.12. The summed E-state index contributed by atoms with van der Waals surface area (Å²) in [6, 6.07) is 0.147. The lowest BCUT2D eigenvalue weighted by atomic mass is 9.90. The minimum Gasteiger partial charge on any atom is -0.339 e. The number of amides is 1. The first-order chi connectivity index (χ1) is 8.97. The number of carbonyl (C=O) groups excluding carboxylic acids is 1. The molecule has 2 atom stereocenters. The van der Waals surface area contributed by atoms with Gasteiger partial charge in [0.25, 0.3) is 0 Å². The fraction of sp³-hybridized carbons (Fsp3) is 0.923. The van der Waals surface area contributed by atoms with Crippen LogP contribution in [0.25, 0.3) is 0 Å². The van der Waals surface area contributed by atoms with Crippen molar-refractivity contribution in [3.05, 3.63) is 0 Å². The molecule has 2 saturated heterocycles. The maximum atomic E-state index is 12.2. The van der Waals surface area contributed by atoms with Gasteiger partial charge in [-0.15, -0.1) is 0 Å². The van der Waals surface area contributed by atoms with Crippen LogP contribution in [0.3, 0.4) is 0 Å². The Hall–Kier alpha value is -0.780. The van der Waals surface area contributed by atoms with Gasteiger partial charge in [-0.25, -0.2) is 0 Å². The number of hydrogen-bond acceptors (Lipinski definition) is 2. The van der Waals surface area contributed by atoms with Gasteiger partial charge < -0.3 is 10.2 Å². The second kappa shape index (κ2) is 6.11. The number of piperidine rings is 1. The van der Waals surface area contributed by atoms with Crippen LogP contribution in [0.4, 0.5) is 13.2 Å². The molecule has 2 unspecified atom stereocenters. The monoisotopic (exact) mass is 278 g/mol. The highest BCUT2D eigenvalue weighted by Crippen LogP contribution is 2.30. The van der Waals surface area contributed by atoms with Crippen molar-refractivity contribution in [2.45, 2.75) is 50.7 Å². The van der Waals surface area contributed by atoms with Crippen LogP contribution in [0.1, 0.15) is 38.5 Å². The van der Waals surface area contributed by atoms with Gasteiger partial charge in [0.1, 0.15) is 0 Å². The van der Waals surface area contributed by atoms with Crippen LogP contribution >= 0.6 is 0 Å². The summed E-state index contributed by atoms with van der Waals surface area (Å²) in [6.07, 6.45) is -1.63. The zero-order valence-corrected chi connectivity index (χ0v) is 11.0. The molecule has 0 saturated carbocycles. The average Bonchev–Trinajstić information content (AvgIpc) is 2.85. The first-order valence-corrected chi connectivity index (χ1v) is 7.04.